The molecular formula is C22H26N4O2. The van der Waals surface area contributed by atoms with Crippen molar-refractivity contribution in [3.05, 3.63) is 60.4 Å². The van der Waals surface area contributed by atoms with Crippen LogP contribution in [-0.4, -0.2) is 59.3 Å². The van der Waals surface area contributed by atoms with Gasteiger partial charge in [-0.15, -0.1) is 0 Å². The van der Waals surface area contributed by atoms with E-state index in [1.54, 1.807) is 17.3 Å². The molecule has 0 saturated carbocycles. The summed E-state index contributed by atoms with van der Waals surface area (Å²) >= 11 is 0. The van der Waals surface area contributed by atoms with Gasteiger partial charge >= 0.3 is 0 Å². The topological polar surface area (TPSA) is 56.8 Å². The molecule has 0 unspecified atom stereocenters. The van der Waals surface area contributed by atoms with Crippen LogP contribution < -0.4 is 4.90 Å². The fourth-order valence-corrected chi connectivity index (χ4v) is 4.09. The average Bonchev–Trinajstić information content (AvgIpc) is 2.94. The van der Waals surface area contributed by atoms with Gasteiger partial charge in [0, 0.05) is 63.8 Å². The molecule has 0 radical (unpaired) electrons. The smallest absolute Gasteiger partial charge is 0.228 e. The number of likely N-dealkylation sites (tertiary alicyclic amines) is 1. The number of rotatable bonds is 4. The molecule has 6 nitrogen and oxygen atoms in total. The fourth-order valence-electron chi connectivity index (χ4n) is 4.09. The van der Waals surface area contributed by atoms with Crippen molar-refractivity contribution >= 4 is 17.5 Å². The minimum absolute atomic E-state index is 0.0656. The van der Waals surface area contributed by atoms with E-state index in [1.165, 1.54) is 5.69 Å². The van der Waals surface area contributed by atoms with Gasteiger partial charge in [0.2, 0.25) is 11.8 Å². The lowest BCUT2D eigenvalue weighted by atomic mass is 10.1. The number of amides is 2. The maximum absolute atomic E-state index is 13.1. The van der Waals surface area contributed by atoms with Crippen LogP contribution in [0.3, 0.4) is 0 Å². The zero-order valence-electron chi connectivity index (χ0n) is 16.0. The lowest BCUT2D eigenvalue weighted by molar-refractivity contribution is -0.135. The van der Waals surface area contributed by atoms with Crippen LogP contribution >= 0.6 is 0 Å². The normalized spacial score (nSPS) is 20.4. The van der Waals surface area contributed by atoms with Gasteiger partial charge in [-0.2, -0.15) is 0 Å². The van der Waals surface area contributed by atoms with E-state index in [9.17, 15) is 9.59 Å². The number of hydrogen-bond acceptors (Lipinski definition) is 4. The Morgan fingerprint density at radius 3 is 2.57 bits per heavy atom. The summed E-state index contributed by atoms with van der Waals surface area (Å²) in [6, 6.07) is 14.2. The average molecular weight is 378 g/mol. The van der Waals surface area contributed by atoms with Crippen LogP contribution in [0.5, 0.6) is 0 Å². The van der Waals surface area contributed by atoms with E-state index in [0.29, 0.717) is 26.1 Å². The van der Waals surface area contributed by atoms with Gasteiger partial charge in [0.1, 0.15) is 0 Å². The van der Waals surface area contributed by atoms with E-state index in [0.717, 1.165) is 31.6 Å². The third kappa shape index (κ3) is 4.16. The van der Waals surface area contributed by atoms with Crippen molar-refractivity contribution in [1.29, 1.82) is 0 Å². The quantitative estimate of drug-likeness (QED) is 0.818. The summed E-state index contributed by atoms with van der Waals surface area (Å²) in [5.74, 6) is -0.0333. The van der Waals surface area contributed by atoms with Crippen LogP contribution in [0.4, 0.5) is 5.69 Å². The molecule has 2 aromatic rings. The number of carbonyl (C=O) groups is 2. The number of carbonyl (C=O) groups excluding carboxylic acids is 2. The maximum Gasteiger partial charge on any atom is 0.228 e. The Hall–Kier alpha value is -2.89. The first kappa shape index (κ1) is 18.5. The minimum Gasteiger partial charge on any atom is -0.370 e. The summed E-state index contributed by atoms with van der Waals surface area (Å²) in [4.78, 5) is 35.6. The molecule has 2 aliphatic rings. The number of hydrogen-bond donors (Lipinski definition) is 0. The van der Waals surface area contributed by atoms with Gasteiger partial charge in [-0.1, -0.05) is 18.2 Å². The second-order valence-corrected chi connectivity index (χ2v) is 7.53. The SMILES string of the molecule is O=C1C[C@@H](C(=O)N2CCCN(c3ccccc3)CC2)CN1Cc1ccncc1. The van der Waals surface area contributed by atoms with Crippen molar-refractivity contribution in [2.24, 2.45) is 5.92 Å². The Kier molecular flexibility index (Phi) is 5.55. The van der Waals surface area contributed by atoms with E-state index in [2.05, 4.69) is 22.0 Å². The molecule has 2 amide bonds. The van der Waals surface area contributed by atoms with Crippen molar-refractivity contribution in [2.45, 2.75) is 19.4 Å². The van der Waals surface area contributed by atoms with Crippen molar-refractivity contribution in [2.75, 3.05) is 37.6 Å². The van der Waals surface area contributed by atoms with Gasteiger partial charge in [-0.25, -0.2) is 0 Å². The largest absolute Gasteiger partial charge is 0.370 e. The number of nitrogens with zero attached hydrogens (tertiary/aromatic N) is 4. The molecule has 6 heteroatoms. The van der Waals surface area contributed by atoms with E-state index in [1.807, 2.05) is 35.2 Å². The van der Waals surface area contributed by atoms with Crippen LogP contribution in [0.2, 0.25) is 0 Å². The Bertz CT molecular complexity index is 812. The fraction of sp³-hybridized carbons (Fsp3) is 0.409. The van der Waals surface area contributed by atoms with E-state index in [4.69, 9.17) is 0 Å². The summed E-state index contributed by atoms with van der Waals surface area (Å²) in [7, 11) is 0. The standard InChI is InChI=1S/C22H26N4O2/c27-21-15-19(17-26(21)16-18-7-9-23-10-8-18)22(28)25-12-4-11-24(13-14-25)20-5-2-1-3-6-20/h1-3,5-10,19H,4,11-17H2/t19-/m1/s1. The summed E-state index contributed by atoms with van der Waals surface area (Å²) in [5, 5.41) is 0. The minimum atomic E-state index is -0.224. The maximum atomic E-state index is 13.1. The Labute approximate surface area is 165 Å². The molecule has 2 fully saturated rings. The molecule has 0 aliphatic carbocycles. The second kappa shape index (κ2) is 8.42. The highest BCUT2D eigenvalue weighted by atomic mass is 16.2. The van der Waals surface area contributed by atoms with Gasteiger partial charge in [0.25, 0.3) is 0 Å². The summed E-state index contributed by atoms with van der Waals surface area (Å²) in [6.45, 7) is 4.31. The molecule has 2 saturated heterocycles. The van der Waals surface area contributed by atoms with Crippen LogP contribution in [0.15, 0.2) is 54.9 Å². The third-order valence-electron chi connectivity index (χ3n) is 5.62. The van der Waals surface area contributed by atoms with E-state index in [-0.39, 0.29) is 17.7 Å². The molecule has 1 atom stereocenters. The second-order valence-electron chi connectivity index (χ2n) is 7.53. The van der Waals surface area contributed by atoms with Crippen molar-refractivity contribution in [1.82, 2.24) is 14.8 Å². The zero-order valence-corrected chi connectivity index (χ0v) is 16.0. The highest BCUT2D eigenvalue weighted by Crippen LogP contribution is 2.23. The highest BCUT2D eigenvalue weighted by molar-refractivity contribution is 5.89. The molecule has 1 aromatic heterocycles. The van der Waals surface area contributed by atoms with Crippen LogP contribution in [-0.2, 0) is 16.1 Å². The van der Waals surface area contributed by atoms with Gasteiger partial charge in [0.15, 0.2) is 0 Å². The van der Waals surface area contributed by atoms with Crippen LogP contribution in [0.1, 0.15) is 18.4 Å². The van der Waals surface area contributed by atoms with Gasteiger partial charge in [0.05, 0.1) is 5.92 Å². The van der Waals surface area contributed by atoms with Gasteiger partial charge in [-0.05, 0) is 36.2 Å². The molecule has 28 heavy (non-hydrogen) atoms. The predicted molar refractivity (Wildman–Crippen MR) is 108 cm³/mol. The lowest BCUT2D eigenvalue weighted by Crippen LogP contribution is -2.40. The Morgan fingerprint density at radius 2 is 1.79 bits per heavy atom. The molecule has 0 N–H and O–H groups in total. The number of pyridine rings is 1. The third-order valence-corrected chi connectivity index (χ3v) is 5.62. The summed E-state index contributed by atoms with van der Waals surface area (Å²) < 4.78 is 0. The van der Waals surface area contributed by atoms with Crippen molar-refractivity contribution in [3.63, 3.8) is 0 Å². The first-order chi connectivity index (χ1) is 13.7. The number of para-hydroxylation sites is 1. The Balaban J connectivity index is 1.35. The summed E-state index contributed by atoms with van der Waals surface area (Å²) in [6.07, 6.45) is 4.73. The molecule has 146 valence electrons. The first-order valence-corrected chi connectivity index (χ1v) is 9.96. The number of aromatic nitrogens is 1. The molecule has 3 heterocycles. The monoisotopic (exact) mass is 378 g/mol. The van der Waals surface area contributed by atoms with E-state index >= 15 is 0 Å². The first-order valence-electron chi connectivity index (χ1n) is 9.96. The number of anilines is 1. The molecule has 4 rings (SSSR count). The molecular weight excluding hydrogens is 352 g/mol. The summed E-state index contributed by atoms with van der Waals surface area (Å²) in [5.41, 5.74) is 2.25. The molecule has 0 bridgehead atoms. The van der Waals surface area contributed by atoms with E-state index < -0.39 is 0 Å². The van der Waals surface area contributed by atoms with Crippen molar-refractivity contribution in [3.8, 4) is 0 Å². The van der Waals surface area contributed by atoms with Gasteiger partial charge in [-0.3, -0.25) is 14.6 Å². The molecule has 1 aromatic carbocycles. The highest BCUT2D eigenvalue weighted by Gasteiger charge is 2.36. The zero-order chi connectivity index (χ0) is 19.3. The van der Waals surface area contributed by atoms with Crippen molar-refractivity contribution < 1.29 is 9.59 Å². The van der Waals surface area contributed by atoms with Crippen LogP contribution in [0, 0.1) is 5.92 Å². The predicted octanol–water partition coefficient (Wildman–Crippen LogP) is 2.17. The van der Waals surface area contributed by atoms with Gasteiger partial charge < -0.3 is 14.7 Å². The number of benzene rings is 1. The molecule has 2 aliphatic heterocycles. The molecule has 0 spiro atoms. The van der Waals surface area contributed by atoms with Crippen LogP contribution in [0.25, 0.3) is 0 Å². The lowest BCUT2D eigenvalue weighted by Gasteiger charge is -2.25. The Morgan fingerprint density at radius 1 is 1.00 bits per heavy atom.